The van der Waals surface area contributed by atoms with Crippen molar-refractivity contribution in [2.24, 2.45) is 0 Å². The molecule has 0 saturated carbocycles. The Hall–Kier alpha value is -5.64. The van der Waals surface area contributed by atoms with Crippen molar-refractivity contribution in [3.05, 3.63) is 89.3 Å². The van der Waals surface area contributed by atoms with Crippen LogP contribution in [0.2, 0.25) is 0 Å². The lowest BCUT2D eigenvalue weighted by molar-refractivity contribution is 0.0935. The number of nitrogens with zero attached hydrogens (tertiary/aromatic N) is 8. The van der Waals surface area contributed by atoms with Gasteiger partial charge in [0.2, 0.25) is 0 Å². The Bertz CT molecular complexity index is 1730. The molecule has 1 atom stereocenters. The molecule has 0 spiro atoms. The Labute approximate surface area is 227 Å². The Morgan fingerprint density at radius 1 is 1.02 bits per heavy atom. The maximum Gasteiger partial charge on any atom is 0.330 e. The third kappa shape index (κ3) is 5.76. The summed E-state index contributed by atoms with van der Waals surface area (Å²) in [4.78, 5) is 38.3. The van der Waals surface area contributed by atoms with Crippen LogP contribution < -0.4 is 10.6 Å². The molecule has 1 amide bonds. The minimum Gasteiger partial charge on any atom is -0.344 e. The largest absolute Gasteiger partial charge is 0.344 e. The van der Waals surface area contributed by atoms with Gasteiger partial charge in [-0.1, -0.05) is 6.07 Å². The van der Waals surface area contributed by atoms with Gasteiger partial charge in [0.25, 0.3) is 11.9 Å². The molecule has 1 unspecified atom stereocenters. The zero-order chi connectivity index (χ0) is 28.2. The highest BCUT2D eigenvalue weighted by atomic mass is 19.1. The van der Waals surface area contributed by atoms with Gasteiger partial charge in [-0.3, -0.25) is 19.7 Å². The summed E-state index contributed by atoms with van der Waals surface area (Å²) in [5.74, 6) is -0.126. The van der Waals surface area contributed by atoms with Gasteiger partial charge in [0, 0.05) is 41.0 Å². The zero-order valence-electron chi connectivity index (χ0n) is 21.5. The standard InChI is InChI=1S/C27H21FN10O2/c1-14-8-23(36-27-37-24(10-29)40-38-27)35-25(33-14)18-5-7-22(32-12-18)26(39)34-15(2)17-4-6-21(31-11-17)20-9-19(28)13-30-16(20)3/h4-9,11-13,15H,1-3H3,(H,34,39)(H,33,35,36,38). The molecule has 198 valence electrons. The fraction of sp³-hybridized carbons (Fsp3) is 0.148. The second-order valence-corrected chi connectivity index (χ2v) is 8.77. The lowest BCUT2D eigenvalue weighted by Crippen LogP contribution is -2.27. The van der Waals surface area contributed by atoms with Crippen molar-refractivity contribution in [2.75, 3.05) is 5.32 Å². The van der Waals surface area contributed by atoms with E-state index in [1.54, 1.807) is 50.4 Å². The van der Waals surface area contributed by atoms with Crippen LogP contribution in [0.1, 0.15) is 46.3 Å². The third-order valence-corrected chi connectivity index (χ3v) is 5.83. The third-order valence-electron chi connectivity index (χ3n) is 5.83. The zero-order valence-corrected chi connectivity index (χ0v) is 21.5. The first-order chi connectivity index (χ1) is 19.3. The van der Waals surface area contributed by atoms with Crippen LogP contribution in [0.3, 0.4) is 0 Å². The molecule has 0 aliphatic heterocycles. The number of nitrogens with one attached hydrogen (secondary N) is 2. The van der Waals surface area contributed by atoms with Gasteiger partial charge in [-0.2, -0.15) is 10.2 Å². The van der Waals surface area contributed by atoms with E-state index in [-0.39, 0.29) is 29.5 Å². The molecule has 40 heavy (non-hydrogen) atoms. The highest BCUT2D eigenvalue weighted by Crippen LogP contribution is 2.23. The molecule has 0 fully saturated rings. The van der Waals surface area contributed by atoms with E-state index in [0.29, 0.717) is 39.9 Å². The Balaban J connectivity index is 1.26. The number of halogens is 1. The predicted molar refractivity (Wildman–Crippen MR) is 140 cm³/mol. The molecule has 12 nitrogen and oxygen atoms in total. The summed E-state index contributed by atoms with van der Waals surface area (Å²) in [6.07, 6.45) is 4.31. The molecule has 0 aromatic carbocycles. The second kappa shape index (κ2) is 11.0. The SMILES string of the molecule is Cc1cc(Nc2noc(C#N)n2)nc(-c2ccc(C(=O)NC(C)c3ccc(-c4cc(F)cnc4C)nc3)nc2)n1. The number of hydrogen-bond donors (Lipinski definition) is 2. The van der Waals surface area contributed by atoms with E-state index < -0.39 is 5.82 Å². The highest BCUT2D eigenvalue weighted by Gasteiger charge is 2.15. The first-order valence-electron chi connectivity index (χ1n) is 12.0. The van der Waals surface area contributed by atoms with E-state index in [2.05, 4.69) is 45.7 Å². The normalized spacial score (nSPS) is 11.5. The number of anilines is 2. The van der Waals surface area contributed by atoms with E-state index in [4.69, 9.17) is 9.78 Å². The minimum absolute atomic E-state index is 0.0887. The number of carbonyl (C=O) groups is 1. The molecule has 5 aromatic heterocycles. The fourth-order valence-electron chi connectivity index (χ4n) is 3.80. The number of nitriles is 1. The number of amides is 1. The van der Waals surface area contributed by atoms with Gasteiger partial charge >= 0.3 is 5.89 Å². The molecule has 13 heteroatoms. The molecular formula is C27H21FN10O2. The summed E-state index contributed by atoms with van der Waals surface area (Å²) in [5.41, 5.74) is 4.10. The van der Waals surface area contributed by atoms with Gasteiger partial charge < -0.3 is 15.2 Å². The summed E-state index contributed by atoms with van der Waals surface area (Å²) < 4.78 is 18.4. The van der Waals surface area contributed by atoms with Gasteiger partial charge in [0.05, 0.1) is 17.9 Å². The first kappa shape index (κ1) is 26.0. The Kier molecular flexibility index (Phi) is 7.14. The van der Waals surface area contributed by atoms with Crippen molar-refractivity contribution < 1.29 is 13.7 Å². The smallest absolute Gasteiger partial charge is 0.330 e. The molecule has 2 N–H and O–H groups in total. The molecule has 0 saturated heterocycles. The quantitative estimate of drug-likeness (QED) is 0.305. The maximum absolute atomic E-state index is 13.6. The summed E-state index contributed by atoms with van der Waals surface area (Å²) in [6, 6.07) is 11.3. The Morgan fingerprint density at radius 3 is 2.58 bits per heavy atom. The lowest BCUT2D eigenvalue weighted by Gasteiger charge is -2.14. The van der Waals surface area contributed by atoms with Crippen molar-refractivity contribution in [3.63, 3.8) is 0 Å². The van der Waals surface area contributed by atoms with Gasteiger partial charge in [0.15, 0.2) is 11.9 Å². The second-order valence-electron chi connectivity index (χ2n) is 8.77. The summed E-state index contributed by atoms with van der Waals surface area (Å²) in [5, 5.41) is 18.3. The van der Waals surface area contributed by atoms with Crippen LogP contribution in [0, 0.1) is 31.0 Å². The van der Waals surface area contributed by atoms with E-state index >= 15 is 0 Å². The first-order valence-corrected chi connectivity index (χ1v) is 12.0. The van der Waals surface area contributed by atoms with Crippen molar-refractivity contribution in [1.82, 2.24) is 40.4 Å². The molecule has 0 aliphatic carbocycles. The topological polar surface area (TPSA) is 168 Å². The number of carbonyl (C=O) groups excluding carboxylic acids is 1. The molecule has 5 heterocycles. The summed E-state index contributed by atoms with van der Waals surface area (Å²) in [6.45, 7) is 5.41. The molecular weight excluding hydrogens is 515 g/mol. The summed E-state index contributed by atoms with van der Waals surface area (Å²) >= 11 is 0. The van der Waals surface area contributed by atoms with Gasteiger partial charge in [-0.25, -0.2) is 14.4 Å². The van der Waals surface area contributed by atoms with Crippen LogP contribution in [-0.2, 0) is 0 Å². The monoisotopic (exact) mass is 536 g/mol. The average Bonchev–Trinajstić information content (AvgIpc) is 3.41. The summed E-state index contributed by atoms with van der Waals surface area (Å²) in [7, 11) is 0. The van der Waals surface area contributed by atoms with E-state index in [9.17, 15) is 9.18 Å². The molecule has 0 radical (unpaired) electrons. The molecule has 0 aliphatic rings. The number of aryl methyl sites for hydroxylation is 2. The van der Waals surface area contributed by atoms with Crippen molar-refractivity contribution in [2.45, 2.75) is 26.8 Å². The maximum atomic E-state index is 13.6. The molecule has 0 bridgehead atoms. The van der Waals surface area contributed by atoms with Crippen LogP contribution in [0.4, 0.5) is 16.2 Å². The van der Waals surface area contributed by atoms with E-state index in [0.717, 1.165) is 5.56 Å². The van der Waals surface area contributed by atoms with Gasteiger partial charge in [-0.05, 0) is 55.8 Å². The number of hydrogen-bond acceptors (Lipinski definition) is 11. The van der Waals surface area contributed by atoms with Crippen LogP contribution in [0.15, 0.2) is 59.5 Å². The Morgan fingerprint density at radius 2 is 1.88 bits per heavy atom. The van der Waals surface area contributed by atoms with Crippen LogP contribution in [0.5, 0.6) is 0 Å². The van der Waals surface area contributed by atoms with E-state index in [1.807, 2.05) is 13.0 Å². The lowest BCUT2D eigenvalue weighted by atomic mass is 10.1. The number of aromatic nitrogens is 7. The van der Waals surface area contributed by atoms with Crippen molar-refractivity contribution in [1.29, 1.82) is 5.26 Å². The molecule has 5 aromatic rings. The highest BCUT2D eigenvalue weighted by molar-refractivity contribution is 5.92. The van der Waals surface area contributed by atoms with Crippen molar-refractivity contribution in [3.8, 4) is 28.7 Å². The number of rotatable bonds is 7. The van der Waals surface area contributed by atoms with Crippen molar-refractivity contribution >= 4 is 17.7 Å². The van der Waals surface area contributed by atoms with Gasteiger partial charge in [0.1, 0.15) is 17.3 Å². The van der Waals surface area contributed by atoms with Gasteiger partial charge in [-0.15, -0.1) is 0 Å². The predicted octanol–water partition coefficient (Wildman–Crippen LogP) is 4.24. The number of pyridine rings is 3. The van der Waals surface area contributed by atoms with Crippen LogP contribution >= 0.6 is 0 Å². The van der Waals surface area contributed by atoms with Crippen LogP contribution in [-0.4, -0.2) is 41.0 Å². The average molecular weight is 537 g/mol. The minimum atomic E-state index is -0.435. The molecule has 5 rings (SSSR count). The van der Waals surface area contributed by atoms with Crippen LogP contribution in [0.25, 0.3) is 22.6 Å². The fourth-order valence-corrected chi connectivity index (χ4v) is 3.80. The van der Waals surface area contributed by atoms with E-state index in [1.165, 1.54) is 18.5 Å².